The minimum Gasteiger partial charge on any atom is -0.505 e. The van der Waals surface area contributed by atoms with Crippen molar-refractivity contribution in [2.75, 3.05) is 0 Å². The predicted molar refractivity (Wildman–Crippen MR) is 47.0 cm³/mol. The van der Waals surface area contributed by atoms with Crippen LogP contribution in [0.2, 0.25) is 5.02 Å². The maximum Gasteiger partial charge on any atom is 0.183 e. The molecule has 0 unspecified atom stereocenters. The van der Waals surface area contributed by atoms with E-state index in [1.807, 2.05) is 6.07 Å². The van der Waals surface area contributed by atoms with Gasteiger partial charge in [-0.25, -0.2) is 4.39 Å². The Morgan fingerprint density at radius 2 is 2.23 bits per heavy atom. The summed E-state index contributed by atoms with van der Waals surface area (Å²) in [5.74, 6) is -1.29. The lowest BCUT2D eigenvalue weighted by atomic mass is 10.1. The minimum absolute atomic E-state index is 0.118. The maximum absolute atomic E-state index is 12.8. The van der Waals surface area contributed by atoms with Crippen LogP contribution in [0, 0.1) is 17.1 Å². The van der Waals surface area contributed by atoms with Gasteiger partial charge in [0.2, 0.25) is 0 Å². The monoisotopic (exact) mass is 199 g/mol. The minimum atomic E-state index is -0.817. The first-order valence-corrected chi connectivity index (χ1v) is 4.06. The Morgan fingerprint density at radius 3 is 2.77 bits per heavy atom. The second kappa shape index (κ2) is 4.11. The Morgan fingerprint density at radius 1 is 1.54 bits per heavy atom. The van der Waals surface area contributed by atoms with Gasteiger partial charge in [-0.15, -0.1) is 0 Å². The molecule has 0 amide bonds. The number of hydrogen-bond acceptors (Lipinski definition) is 2. The Balaban J connectivity index is 2.94. The van der Waals surface area contributed by atoms with Crippen molar-refractivity contribution in [2.24, 2.45) is 0 Å². The summed E-state index contributed by atoms with van der Waals surface area (Å²) >= 11 is 5.48. The first-order valence-electron chi connectivity index (χ1n) is 3.69. The number of nitrogens with zero attached hydrogens (tertiary/aromatic N) is 1. The van der Waals surface area contributed by atoms with Crippen LogP contribution in [-0.2, 0) is 6.42 Å². The van der Waals surface area contributed by atoms with Crippen LogP contribution in [0.4, 0.5) is 4.39 Å². The number of phenolic OH excluding ortho intramolecular Hbond substituents is 1. The molecule has 0 fully saturated rings. The number of hydrogen-bond donors (Lipinski definition) is 1. The van der Waals surface area contributed by atoms with Gasteiger partial charge >= 0.3 is 0 Å². The van der Waals surface area contributed by atoms with Crippen molar-refractivity contribution >= 4 is 11.6 Å². The molecular weight excluding hydrogens is 193 g/mol. The second-order valence-corrected chi connectivity index (χ2v) is 2.98. The van der Waals surface area contributed by atoms with Crippen LogP contribution in [-0.4, -0.2) is 5.11 Å². The van der Waals surface area contributed by atoms with Crippen molar-refractivity contribution in [2.45, 2.75) is 12.8 Å². The molecular formula is C9H7ClFNO. The first-order chi connectivity index (χ1) is 6.15. The average Bonchev–Trinajstić information content (AvgIpc) is 2.10. The van der Waals surface area contributed by atoms with Crippen molar-refractivity contribution in [1.29, 1.82) is 5.26 Å². The van der Waals surface area contributed by atoms with E-state index in [4.69, 9.17) is 22.0 Å². The molecule has 0 bridgehead atoms. The average molecular weight is 200 g/mol. The number of benzene rings is 1. The third-order valence-electron chi connectivity index (χ3n) is 1.59. The Hall–Kier alpha value is -1.27. The van der Waals surface area contributed by atoms with Gasteiger partial charge in [0.25, 0.3) is 0 Å². The van der Waals surface area contributed by atoms with Crippen LogP contribution < -0.4 is 0 Å². The highest BCUT2D eigenvalue weighted by molar-refractivity contribution is 6.30. The van der Waals surface area contributed by atoms with E-state index in [0.29, 0.717) is 18.4 Å². The molecule has 0 spiro atoms. The van der Waals surface area contributed by atoms with Gasteiger partial charge in [-0.05, 0) is 24.1 Å². The van der Waals surface area contributed by atoms with E-state index >= 15 is 0 Å². The molecule has 0 atom stereocenters. The quantitative estimate of drug-likeness (QED) is 0.796. The zero-order valence-corrected chi connectivity index (χ0v) is 7.48. The molecule has 1 aromatic carbocycles. The second-order valence-electron chi connectivity index (χ2n) is 2.57. The van der Waals surface area contributed by atoms with Crippen molar-refractivity contribution in [3.63, 3.8) is 0 Å². The molecule has 0 aliphatic rings. The molecule has 0 saturated carbocycles. The topological polar surface area (TPSA) is 44.0 Å². The molecule has 0 radical (unpaired) electrons. The van der Waals surface area contributed by atoms with Crippen LogP contribution in [0.3, 0.4) is 0 Å². The van der Waals surface area contributed by atoms with Crippen LogP contribution in [0.15, 0.2) is 12.1 Å². The normalized spacial score (nSPS) is 9.62. The van der Waals surface area contributed by atoms with Crippen LogP contribution in [0.1, 0.15) is 12.0 Å². The van der Waals surface area contributed by atoms with Crippen molar-refractivity contribution in [3.8, 4) is 11.8 Å². The van der Waals surface area contributed by atoms with Gasteiger partial charge in [0, 0.05) is 6.42 Å². The number of rotatable bonds is 2. The number of aryl methyl sites for hydroxylation is 1. The molecule has 2 nitrogen and oxygen atoms in total. The molecule has 1 aromatic rings. The fourth-order valence-electron chi connectivity index (χ4n) is 0.974. The molecule has 4 heteroatoms. The molecule has 0 aliphatic heterocycles. The predicted octanol–water partition coefficient (Wildman–Crippen LogP) is 2.64. The van der Waals surface area contributed by atoms with E-state index in [0.717, 1.165) is 0 Å². The standard InChI is InChI=1S/C9H7ClFNO/c10-7-4-6(2-1-3-12)5-8(13)9(7)11/h4-5,13H,1-2H2. The number of phenols is 1. The molecule has 0 heterocycles. The summed E-state index contributed by atoms with van der Waals surface area (Å²) in [5, 5.41) is 17.2. The smallest absolute Gasteiger partial charge is 0.183 e. The summed E-state index contributed by atoms with van der Waals surface area (Å²) < 4.78 is 12.8. The molecule has 0 saturated heterocycles. The van der Waals surface area contributed by atoms with Gasteiger partial charge in [-0.1, -0.05) is 11.6 Å². The van der Waals surface area contributed by atoms with Crippen LogP contribution >= 0.6 is 11.6 Å². The SMILES string of the molecule is N#CCCc1cc(O)c(F)c(Cl)c1. The third kappa shape index (κ3) is 2.33. The van der Waals surface area contributed by atoms with E-state index in [1.54, 1.807) is 0 Å². The fourth-order valence-corrected chi connectivity index (χ4v) is 1.21. The zero-order chi connectivity index (χ0) is 9.84. The van der Waals surface area contributed by atoms with E-state index in [1.165, 1.54) is 12.1 Å². The summed E-state index contributed by atoms with van der Waals surface area (Å²) in [7, 11) is 0. The molecule has 13 heavy (non-hydrogen) atoms. The first kappa shape index (κ1) is 9.82. The fraction of sp³-hybridized carbons (Fsp3) is 0.222. The summed E-state index contributed by atoms with van der Waals surface area (Å²) in [6.45, 7) is 0. The van der Waals surface area contributed by atoms with Gasteiger partial charge in [-0.3, -0.25) is 0 Å². The number of nitriles is 1. The van der Waals surface area contributed by atoms with E-state index in [2.05, 4.69) is 0 Å². The van der Waals surface area contributed by atoms with Crippen LogP contribution in [0.5, 0.6) is 5.75 Å². The van der Waals surface area contributed by atoms with Gasteiger partial charge in [0.05, 0.1) is 11.1 Å². The van der Waals surface area contributed by atoms with E-state index in [-0.39, 0.29) is 5.02 Å². The summed E-state index contributed by atoms with van der Waals surface area (Å²) in [5.41, 5.74) is 0.658. The molecule has 0 aromatic heterocycles. The Labute approximate surface area is 80.2 Å². The molecule has 68 valence electrons. The lowest BCUT2D eigenvalue weighted by Gasteiger charge is -2.01. The van der Waals surface area contributed by atoms with Crippen molar-refractivity contribution in [3.05, 3.63) is 28.5 Å². The Bertz CT molecular complexity index is 336. The maximum atomic E-state index is 12.8. The van der Waals surface area contributed by atoms with Crippen molar-refractivity contribution in [1.82, 2.24) is 0 Å². The molecule has 1 rings (SSSR count). The highest BCUT2D eigenvalue weighted by Crippen LogP contribution is 2.25. The van der Waals surface area contributed by atoms with Gasteiger partial charge < -0.3 is 5.11 Å². The summed E-state index contributed by atoms with van der Waals surface area (Å²) in [4.78, 5) is 0. The highest BCUT2D eigenvalue weighted by Gasteiger charge is 2.07. The van der Waals surface area contributed by atoms with E-state index in [9.17, 15) is 4.39 Å². The molecule has 0 aliphatic carbocycles. The van der Waals surface area contributed by atoms with E-state index < -0.39 is 11.6 Å². The number of aromatic hydroxyl groups is 1. The molecule has 1 N–H and O–H groups in total. The Kier molecular flexibility index (Phi) is 3.10. The highest BCUT2D eigenvalue weighted by atomic mass is 35.5. The van der Waals surface area contributed by atoms with Gasteiger partial charge in [0.1, 0.15) is 0 Å². The van der Waals surface area contributed by atoms with Crippen molar-refractivity contribution < 1.29 is 9.50 Å². The summed E-state index contributed by atoms with van der Waals surface area (Å²) in [6, 6.07) is 4.64. The zero-order valence-electron chi connectivity index (χ0n) is 6.72. The summed E-state index contributed by atoms with van der Waals surface area (Å²) in [6.07, 6.45) is 0.783. The van der Waals surface area contributed by atoms with Gasteiger partial charge in [0.15, 0.2) is 11.6 Å². The third-order valence-corrected chi connectivity index (χ3v) is 1.87. The van der Waals surface area contributed by atoms with Gasteiger partial charge in [-0.2, -0.15) is 5.26 Å². The van der Waals surface area contributed by atoms with Crippen LogP contribution in [0.25, 0.3) is 0 Å². The largest absolute Gasteiger partial charge is 0.505 e. The lowest BCUT2D eigenvalue weighted by molar-refractivity contribution is 0.432. The number of halogens is 2. The lowest BCUT2D eigenvalue weighted by Crippen LogP contribution is -1.87.